The summed E-state index contributed by atoms with van der Waals surface area (Å²) < 4.78 is 10.4. The van der Waals surface area contributed by atoms with Gasteiger partial charge >= 0.3 is 0 Å². The van der Waals surface area contributed by atoms with E-state index in [1.807, 2.05) is 31.2 Å². The minimum atomic E-state index is -0.156. The van der Waals surface area contributed by atoms with Gasteiger partial charge < -0.3 is 20.5 Å². The largest absolute Gasteiger partial charge is 0.484 e. The number of hydrogen-bond donors (Lipinski definition) is 2. The maximum Gasteiger partial charge on any atom is 0.258 e. The van der Waals surface area contributed by atoms with Gasteiger partial charge in [-0.3, -0.25) is 4.79 Å². The smallest absolute Gasteiger partial charge is 0.258 e. The van der Waals surface area contributed by atoms with E-state index in [-0.39, 0.29) is 24.6 Å². The average Bonchev–Trinajstić information content (AvgIpc) is 2.46. The lowest BCUT2D eigenvalue weighted by atomic mass is 10.0. The summed E-state index contributed by atoms with van der Waals surface area (Å²) in [6.07, 6.45) is 1.81. The molecule has 118 valence electrons. The Labute approximate surface area is 126 Å². The molecule has 0 aliphatic heterocycles. The zero-order valence-electron chi connectivity index (χ0n) is 13.1. The second-order valence-electron chi connectivity index (χ2n) is 5.23. The van der Waals surface area contributed by atoms with Crippen molar-refractivity contribution in [3.8, 4) is 5.75 Å². The first-order valence-electron chi connectivity index (χ1n) is 7.30. The summed E-state index contributed by atoms with van der Waals surface area (Å²) in [5, 5.41) is 2.79. The van der Waals surface area contributed by atoms with Crippen LogP contribution in [0.2, 0.25) is 0 Å². The summed E-state index contributed by atoms with van der Waals surface area (Å²) in [5.74, 6) is 0.523. The third-order valence-corrected chi connectivity index (χ3v) is 3.14. The second kappa shape index (κ2) is 9.37. The van der Waals surface area contributed by atoms with Crippen LogP contribution in [-0.2, 0) is 16.0 Å². The Morgan fingerprint density at radius 2 is 2.00 bits per heavy atom. The highest BCUT2D eigenvalue weighted by atomic mass is 16.5. The molecule has 0 saturated carbocycles. The minimum Gasteiger partial charge on any atom is -0.484 e. The summed E-state index contributed by atoms with van der Waals surface area (Å²) in [4.78, 5) is 11.6. The van der Waals surface area contributed by atoms with Crippen LogP contribution in [0.25, 0.3) is 0 Å². The average molecular weight is 294 g/mol. The molecule has 1 aromatic rings. The Morgan fingerprint density at radius 1 is 1.33 bits per heavy atom. The van der Waals surface area contributed by atoms with Crippen molar-refractivity contribution in [3.05, 3.63) is 29.8 Å². The van der Waals surface area contributed by atoms with Gasteiger partial charge in [0.1, 0.15) is 5.75 Å². The van der Waals surface area contributed by atoms with Gasteiger partial charge in [0.2, 0.25) is 0 Å². The number of amides is 1. The normalized spacial score (nSPS) is 13.5. The van der Waals surface area contributed by atoms with Crippen molar-refractivity contribution in [2.24, 2.45) is 5.73 Å². The Balaban J connectivity index is 2.37. The van der Waals surface area contributed by atoms with Crippen LogP contribution in [0, 0.1) is 0 Å². The van der Waals surface area contributed by atoms with Crippen molar-refractivity contribution in [3.63, 3.8) is 0 Å². The van der Waals surface area contributed by atoms with Crippen LogP contribution in [-0.4, -0.2) is 38.3 Å². The highest BCUT2D eigenvalue weighted by molar-refractivity contribution is 5.77. The molecule has 21 heavy (non-hydrogen) atoms. The monoisotopic (exact) mass is 294 g/mol. The number of nitrogens with one attached hydrogen (secondary N) is 1. The lowest BCUT2D eigenvalue weighted by molar-refractivity contribution is -0.124. The fourth-order valence-corrected chi connectivity index (χ4v) is 1.93. The molecule has 0 radical (unpaired) electrons. The van der Waals surface area contributed by atoms with Gasteiger partial charge in [-0.2, -0.15) is 0 Å². The lowest BCUT2D eigenvalue weighted by Gasteiger charge is -2.13. The van der Waals surface area contributed by atoms with Crippen LogP contribution in [0.1, 0.15) is 25.8 Å². The van der Waals surface area contributed by atoms with E-state index in [2.05, 4.69) is 12.2 Å². The molecule has 1 amide bonds. The summed E-state index contributed by atoms with van der Waals surface area (Å²) in [5.41, 5.74) is 7.09. The van der Waals surface area contributed by atoms with E-state index < -0.39 is 0 Å². The number of carbonyl (C=O) groups is 1. The molecule has 0 saturated heterocycles. The fraction of sp³-hybridized carbons (Fsp3) is 0.562. The third kappa shape index (κ3) is 7.11. The van der Waals surface area contributed by atoms with E-state index in [1.165, 1.54) is 5.56 Å². The van der Waals surface area contributed by atoms with Gasteiger partial charge in [-0.25, -0.2) is 0 Å². The van der Waals surface area contributed by atoms with Crippen LogP contribution >= 0.6 is 0 Å². The summed E-state index contributed by atoms with van der Waals surface area (Å²) in [6, 6.07) is 7.86. The molecule has 0 fully saturated rings. The van der Waals surface area contributed by atoms with E-state index in [0.29, 0.717) is 12.4 Å². The van der Waals surface area contributed by atoms with Crippen molar-refractivity contribution >= 4 is 5.91 Å². The Kier molecular flexibility index (Phi) is 7.79. The van der Waals surface area contributed by atoms with E-state index in [0.717, 1.165) is 12.8 Å². The molecular formula is C16H26N2O3. The van der Waals surface area contributed by atoms with Crippen LogP contribution in [0.15, 0.2) is 24.3 Å². The van der Waals surface area contributed by atoms with Gasteiger partial charge in [0.05, 0.1) is 6.61 Å². The number of methoxy groups -OCH3 is 1. The predicted molar refractivity (Wildman–Crippen MR) is 83.4 cm³/mol. The summed E-state index contributed by atoms with van der Waals surface area (Å²) in [6.45, 7) is 4.44. The van der Waals surface area contributed by atoms with Crippen molar-refractivity contribution < 1.29 is 14.3 Å². The molecule has 3 N–H and O–H groups in total. The summed E-state index contributed by atoms with van der Waals surface area (Å²) in [7, 11) is 1.60. The molecule has 0 aromatic heterocycles. The SMILES string of the molecule is CCC(N)Cc1ccc(OCC(=O)NC(C)COC)cc1. The Morgan fingerprint density at radius 3 is 2.57 bits per heavy atom. The first-order valence-corrected chi connectivity index (χ1v) is 7.30. The fourth-order valence-electron chi connectivity index (χ4n) is 1.93. The quantitative estimate of drug-likeness (QED) is 0.724. The molecule has 1 aromatic carbocycles. The van der Waals surface area contributed by atoms with E-state index in [9.17, 15) is 4.79 Å². The molecular weight excluding hydrogens is 268 g/mol. The van der Waals surface area contributed by atoms with Crippen molar-refractivity contribution in [2.45, 2.75) is 38.8 Å². The van der Waals surface area contributed by atoms with Gasteiger partial charge in [0.25, 0.3) is 5.91 Å². The van der Waals surface area contributed by atoms with Crippen molar-refractivity contribution in [1.29, 1.82) is 0 Å². The molecule has 0 aliphatic carbocycles. The van der Waals surface area contributed by atoms with E-state index in [4.69, 9.17) is 15.2 Å². The van der Waals surface area contributed by atoms with Crippen LogP contribution < -0.4 is 15.8 Å². The number of benzene rings is 1. The molecule has 2 unspecified atom stereocenters. The number of hydrogen-bond acceptors (Lipinski definition) is 4. The molecule has 1 rings (SSSR count). The Bertz CT molecular complexity index is 420. The van der Waals surface area contributed by atoms with Crippen molar-refractivity contribution in [1.82, 2.24) is 5.32 Å². The van der Waals surface area contributed by atoms with Gasteiger partial charge in [-0.05, 0) is 37.5 Å². The van der Waals surface area contributed by atoms with Gasteiger partial charge in [0.15, 0.2) is 6.61 Å². The van der Waals surface area contributed by atoms with E-state index in [1.54, 1.807) is 7.11 Å². The molecule has 0 bridgehead atoms. The zero-order valence-corrected chi connectivity index (χ0v) is 13.1. The maximum atomic E-state index is 11.6. The lowest BCUT2D eigenvalue weighted by Crippen LogP contribution is -2.38. The molecule has 0 heterocycles. The molecule has 5 nitrogen and oxygen atoms in total. The highest BCUT2D eigenvalue weighted by Crippen LogP contribution is 2.13. The van der Waals surface area contributed by atoms with Crippen LogP contribution in [0.5, 0.6) is 5.75 Å². The van der Waals surface area contributed by atoms with E-state index >= 15 is 0 Å². The standard InChI is InChI=1S/C16H26N2O3/c1-4-14(17)9-13-5-7-15(8-6-13)21-11-16(19)18-12(2)10-20-3/h5-8,12,14H,4,9-11,17H2,1-3H3,(H,18,19). The topological polar surface area (TPSA) is 73.6 Å². The number of ether oxygens (including phenoxy) is 2. The minimum absolute atomic E-state index is 0.00186. The maximum absolute atomic E-state index is 11.6. The second-order valence-corrected chi connectivity index (χ2v) is 5.23. The number of carbonyl (C=O) groups excluding carboxylic acids is 1. The Hall–Kier alpha value is -1.59. The number of rotatable bonds is 9. The highest BCUT2D eigenvalue weighted by Gasteiger charge is 2.08. The first kappa shape index (κ1) is 17.5. The van der Waals surface area contributed by atoms with Crippen molar-refractivity contribution in [2.75, 3.05) is 20.3 Å². The zero-order chi connectivity index (χ0) is 15.7. The molecule has 0 spiro atoms. The molecule has 5 heteroatoms. The van der Waals surface area contributed by atoms with Crippen LogP contribution in [0.3, 0.4) is 0 Å². The number of nitrogens with two attached hydrogens (primary N) is 1. The predicted octanol–water partition coefficient (Wildman–Crippen LogP) is 1.50. The summed E-state index contributed by atoms with van der Waals surface area (Å²) >= 11 is 0. The van der Waals surface area contributed by atoms with Gasteiger partial charge in [-0.1, -0.05) is 19.1 Å². The molecule has 0 aliphatic rings. The third-order valence-electron chi connectivity index (χ3n) is 3.14. The molecule has 2 atom stereocenters. The first-order chi connectivity index (χ1) is 10.0. The van der Waals surface area contributed by atoms with Gasteiger partial charge in [0, 0.05) is 19.2 Å². The van der Waals surface area contributed by atoms with Crippen LogP contribution in [0.4, 0.5) is 0 Å². The van der Waals surface area contributed by atoms with Gasteiger partial charge in [-0.15, -0.1) is 0 Å².